The highest BCUT2D eigenvalue weighted by Crippen LogP contribution is 2.31. The summed E-state index contributed by atoms with van der Waals surface area (Å²) in [6.45, 7) is 7.30. The minimum Gasteiger partial charge on any atom is -0.496 e. The molecule has 1 aliphatic rings. The molecule has 1 N–H and O–H groups in total. The van der Waals surface area contributed by atoms with Gasteiger partial charge < -0.3 is 10.1 Å². The molecule has 0 heterocycles. The minimum atomic E-state index is -3.84. The van der Waals surface area contributed by atoms with Crippen LogP contribution in [0.15, 0.2) is 41.3 Å². The van der Waals surface area contributed by atoms with Gasteiger partial charge in [-0.2, -0.15) is 4.31 Å². The molecule has 0 saturated heterocycles. The van der Waals surface area contributed by atoms with Gasteiger partial charge in [0, 0.05) is 11.6 Å². The van der Waals surface area contributed by atoms with Gasteiger partial charge in [0.25, 0.3) is 0 Å². The summed E-state index contributed by atoms with van der Waals surface area (Å²) in [5.41, 5.74) is 3.31. The molecule has 0 aromatic heterocycles. The zero-order valence-electron chi connectivity index (χ0n) is 20.3. The quantitative estimate of drug-likeness (QED) is 0.598. The van der Waals surface area contributed by atoms with E-state index in [4.69, 9.17) is 4.74 Å². The molecule has 180 valence electrons. The summed E-state index contributed by atoms with van der Waals surface area (Å²) in [6.07, 6.45) is 4.60. The summed E-state index contributed by atoms with van der Waals surface area (Å²) in [5.74, 6) is 0.373. The smallest absolute Gasteiger partial charge is 0.244 e. The third-order valence-corrected chi connectivity index (χ3v) is 8.64. The zero-order valence-corrected chi connectivity index (χ0v) is 21.2. The van der Waals surface area contributed by atoms with Gasteiger partial charge >= 0.3 is 0 Å². The number of methoxy groups -OCH3 is 1. The highest BCUT2D eigenvalue weighted by atomic mass is 32.2. The molecule has 1 aliphatic carbocycles. The number of carbonyl (C=O) groups is 1. The summed E-state index contributed by atoms with van der Waals surface area (Å²) >= 11 is 0. The lowest BCUT2D eigenvalue weighted by atomic mass is 9.95. The number of aryl methyl sites for hydroxylation is 3. The molecular weight excluding hydrogens is 436 g/mol. The van der Waals surface area contributed by atoms with E-state index in [9.17, 15) is 13.2 Å². The Balaban J connectivity index is 1.89. The number of benzene rings is 2. The Morgan fingerprint density at radius 2 is 1.70 bits per heavy atom. The summed E-state index contributed by atoms with van der Waals surface area (Å²) in [5, 5.41) is 2.98. The van der Waals surface area contributed by atoms with Crippen LogP contribution in [0.3, 0.4) is 0 Å². The van der Waals surface area contributed by atoms with Crippen molar-refractivity contribution in [1.82, 2.24) is 9.62 Å². The van der Waals surface area contributed by atoms with Crippen LogP contribution in [0.2, 0.25) is 0 Å². The zero-order chi connectivity index (χ0) is 24.2. The molecular formula is C26H36N2O4S. The Morgan fingerprint density at radius 3 is 2.30 bits per heavy atom. The van der Waals surface area contributed by atoms with Crippen LogP contribution in [-0.4, -0.2) is 38.3 Å². The van der Waals surface area contributed by atoms with Gasteiger partial charge in [-0.05, 0) is 57.7 Å². The topological polar surface area (TPSA) is 75.7 Å². The first kappa shape index (κ1) is 25.2. The number of hydrogen-bond acceptors (Lipinski definition) is 4. The van der Waals surface area contributed by atoms with Crippen LogP contribution in [0.25, 0.3) is 0 Å². The molecule has 3 rings (SSSR count). The maximum Gasteiger partial charge on any atom is 0.244 e. The highest BCUT2D eigenvalue weighted by Gasteiger charge is 2.36. The van der Waals surface area contributed by atoms with Gasteiger partial charge in [0.15, 0.2) is 0 Å². The molecule has 7 heteroatoms. The second-order valence-corrected chi connectivity index (χ2v) is 10.9. The van der Waals surface area contributed by atoms with Crippen molar-refractivity contribution in [2.45, 2.75) is 76.8 Å². The number of nitrogens with zero attached hydrogens (tertiary/aromatic N) is 1. The number of sulfonamides is 1. The number of amides is 1. The first-order chi connectivity index (χ1) is 15.6. The molecule has 0 spiro atoms. The fourth-order valence-corrected chi connectivity index (χ4v) is 7.06. The van der Waals surface area contributed by atoms with Crippen molar-refractivity contribution in [2.75, 3.05) is 13.7 Å². The average molecular weight is 473 g/mol. The van der Waals surface area contributed by atoms with Crippen molar-refractivity contribution in [3.05, 3.63) is 58.7 Å². The first-order valence-electron chi connectivity index (χ1n) is 11.7. The third-order valence-electron chi connectivity index (χ3n) is 6.44. The summed E-state index contributed by atoms with van der Waals surface area (Å²) in [6, 6.07) is 10.8. The predicted octanol–water partition coefficient (Wildman–Crippen LogP) is 4.82. The summed E-state index contributed by atoms with van der Waals surface area (Å²) in [7, 11) is -2.25. The third kappa shape index (κ3) is 5.76. The fraction of sp³-hybridized carbons (Fsp3) is 0.500. The van der Waals surface area contributed by atoms with Gasteiger partial charge in [-0.15, -0.1) is 0 Å². The number of ether oxygens (including phenoxy) is 1. The Bertz CT molecular complexity index is 1070. The van der Waals surface area contributed by atoms with E-state index < -0.39 is 10.0 Å². The molecule has 2 aromatic carbocycles. The monoisotopic (exact) mass is 472 g/mol. The molecule has 6 nitrogen and oxygen atoms in total. The van der Waals surface area contributed by atoms with Crippen molar-refractivity contribution in [3.8, 4) is 5.75 Å². The van der Waals surface area contributed by atoms with E-state index >= 15 is 0 Å². The molecule has 33 heavy (non-hydrogen) atoms. The largest absolute Gasteiger partial charge is 0.496 e. The predicted molar refractivity (Wildman–Crippen MR) is 131 cm³/mol. The van der Waals surface area contributed by atoms with Crippen molar-refractivity contribution in [2.24, 2.45) is 0 Å². The fourth-order valence-electron chi connectivity index (χ4n) is 5.00. The van der Waals surface area contributed by atoms with Gasteiger partial charge in [0.2, 0.25) is 15.9 Å². The highest BCUT2D eigenvalue weighted by molar-refractivity contribution is 7.89. The van der Waals surface area contributed by atoms with E-state index in [2.05, 4.69) is 5.32 Å². The van der Waals surface area contributed by atoms with Crippen LogP contribution in [0.5, 0.6) is 5.75 Å². The van der Waals surface area contributed by atoms with Crippen LogP contribution < -0.4 is 10.1 Å². The van der Waals surface area contributed by atoms with Crippen LogP contribution in [0.1, 0.15) is 67.3 Å². The van der Waals surface area contributed by atoms with Crippen molar-refractivity contribution >= 4 is 15.9 Å². The molecule has 2 aromatic rings. The number of para-hydroxylation sites is 1. The number of hydrogen-bond donors (Lipinski definition) is 1. The van der Waals surface area contributed by atoms with Crippen LogP contribution in [-0.2, 0) is 14.8 Å². The molecule has 1 amide bonds. The van der Waals surface area contributed by atoms with Gasteiger partial charge in [0.1, 0.15) is 5.75 Å². The Kier molecular flexibility index (Phi) is 8.19. The number of carbonyl (C=O) groups excluding carboxylic acids is 1. The van der Waals surface area contributed by atoms with E-state index in [-0.39, 0.29) is 24.5 Å². The Labute approximate surface area is 198 Å². The summed E-state index contributed by atoms with van der Waals surface area (Å²) < 4.78 is 34.7. The van der Waals surface area contributed by atoms with E-state index in [0.717, 1.165) is 54.4 Å². The molecule has 0 radical (unpaired) electrons. The van der Waals surface area contributed by atoms with Gasteiger partial charge in [0.05, 0.1) is 24.6 Å². The van der Waals surface area contributed by atoms with Gasteiger partial charge in [-0.3, -0.25) is 4.79 Å². The maximum atomic E-state index is 13.9. The van der Waals surface area contributed by atoms with E-state index in [0.29, 0.717) is 10.6 Å². The standard InChI is InChI=1S/C26H36N2O4S/c1-18-15-19(2)26(20(3)16-18)33(30,31)28(22-11-7-6-8-12-22)17-25(29)27-21(4)23-13-9-10-14-24(23)32-5/h9-10,13-16,21-22H,6-8,11-12,17H2,1-5H3,(H,27,29). The second-order valence-electron chi connectivity index (χ2n) is 9.10. The molecule has 1 fully saturated rings. The molecule has 1 atom stereocenters. The van der Waals surface area contributed by atoms with Crippen LogP contribution >= 0.6 is 0 Å². The van der Waals surface area contributed by atoms with Crippen molar-refractivity contribution in [3.63, 3.8) is 0 Å². The van der Waals surface area contributed by atoms with Crippen molar-refractivity contribution in [1.29, 1.82) is 0 Å². The molecule has 0 bridgehead atoms. The van der Waals surface area contributed by atoms with E-state index in [1.54, 1.807) is 7.11 Å². The molecule has 1 saturated carbocycles. The van der Waals surface area contributed by atoms with E-state index in [1.807, 2.05) is 64.1 Å². The molecule has 0 aliphatic heterocycles. The SMILES string of the molecule is COc1ccccc1C(C)NC(=O)CN(C1CCCCC1)S(=O)(=O)c1c(C)cc(C)cc1C. The number of nitrogens with one attached hydrogen (secondary N) is 1. The van der Waals surface area contributed by atoms with Gasteiger partial charge in [-0.1, -0.05) is 55.2 Å². The lowest BCUT2D eigenvalue weighted by Crippen LogP contribution is -2.47. The maximum absolute atomic E-state index is 13.9. The van der Waals surface area contributed by atoms with Gasteiger partial charge in [-0.25, -0.2) is 8.42 Å². The van der Waals surface area contributed by atoms with E-state index in [1.165, 1.54) is 4.31 Å². The second kappa shape index (κ2) is 10.7. The lowest BCUT2D eigenvalue weighted by Gasteiger charge is -2.34. The Hall–Kier alpha value is -2.38. The average Bonchev–Trinajstić information content (AvgIpc) is 2.77. The normalized spacial score (nSPS) is 15.9. The minimum absolute atomic E-state index is 0.170. The first-order valence-corrected chi connectivity index (χ1v) is 13.1. The van der Waals surface area contributed by atoms with Crippen LogP contribution in [0, 0.1) is 20.8 Å². The lowest BCUT2D eigenvalue weighted by molar-refractivity contribution is -0.122. The number of rotatable bonds is 8. The molecule has 1 unspecified atom stereocenters. The van der Waals surface area contributed by atoms with Crippen LogP contribution in [0.4, 0.5) is 0 Å². The van der Waals surface area contributed by atoms with Crippen molar-refractivity contribution < 1.29 is 17.9 Å². The summed E-state index contributed by atoms with van der Waals surface area (Å²) in [4.78, 5) is 13.4. The Morgan fingerprint density at radius 1 is 1.09 bits per heavy atom.